The molecule has 0 N–H and O–H groups in total. The molecule has 0 aliphatic rings. The normalized spacial score (nSPS) is 1.20. The summed E-state index contributed by atoms with van der Waals surface area (Å²) in [6.45, 7) is 5.00. The van der Waals surface area contributed by atoms with Crippen molar-refractivity contribution in [2.45, 2.75) is 6.92 Å². The summed E-state index contributed by atoms with van der Waals surface area (Å²) in [5.74, 6) is 0. The monoisotopic (exact) mass is 502 g/mol. The van der Waals surface area contributed by atoms with E-state index in [0.29, 0.717) is 0 Å². The van der Waals surface area contributed by atoms with Crippen LogP contribution in [0.2, 0.25) is 0 Å². The molecule has 0 spiro atoms. The van der Waals surface area contributed by atoms with E-state index in [2.05, 4.69) is 6.92 Å². The van der Waals surface area contributed by atoms with E-state index in [4.69, 9.17) is 0 Å². The fraction of sp³-hybridized carbons (Fsp3) is 0.500. The van der Waals surface area contributed by atoms with Crippen molar-refractivity contribution in [2.75, 3.05) is 0 Å². The van der Waals surface area contributed by atoms with Crippen molar-refractivity contribution >= 4 is 0 Å². The minimum absolute atomic E-state index is 0. The van der Waals surface area contributed by atoms with E-state index in [-0.39, 0.29) is 70.7 Å². The van der Waals surface area contributed by atoms with Gasteiger partial charge in [-0.15, -0.1) is 0 Å². The number of rotatable bonds is 0. The molecule has 1 radical (unpaired) electrons. The fourth-order valence-electron chi connectivity index (χ4n) is 0. The van der Waals surface area contributed by atoms with Crippen molar-refractivity contribution in [1.82, 2.24) is 0 Å². The van der Waals surface area contributed by atoms with Crippen LogP contribution < -0.4 is 0 Å². The first kappa shape index (κ1) is 26.5. The SMILES string of the molecule is [CH2-]C.[U].[V].[W]. The summed E-state index contributed by atoms with van der Waals surface area (Å²) in [6.07, 6.45) is 0. The molecule has 0 amide bonds. The van der Waals surface area contributed by atoms with Crippen molar-refractivity contribution < 1.29 is 70.7 Å². The van der Waals surface area contributed by atoms with Crippen molar-refractivity contribution in [3.8, 4) is 0 Å². The molecule has 0 saturated heterocycles. The fourth-order valence-corrected chi connectivity index (χ4v) is 0. The molecule has 0 aromatic rings. The molecule has 0 aromatic heterocycles. The van der Waals surface area contributed by atoms with Gasteiger partial charge in [-0.25, -0.2) is 0 Å². The zero-order chi connectivity index (χ0) is 2.00. The van der Waals surface area contributed by atoms with Gasteiger partial charge in [0.2, 0.25) is 0 Å². The van der Waals surface area contributed by atoms with Gasteiger partial charge in [0.05, 0.1) is 0 Å². The van der Waals surface area contributed by atoms with Gasteiger partial charge < -0.3 is 6.92 Å². The molecular weight excluding hydrogens is 497 g/mol. The molecular formula is C2H5UVW-. The summed E-state index contributed by atoms with van der Waals surface area (Å²) >= 11 is 0. The summed E-state index contributed by atoms with van der Waals surface area (Å²) < 4.78 is 0. The minimum Gasteiger partial charge on any atom is -0.346 e. The smallest absolute Gasteiger partial charge is 0 e. The molecule has 0 heterocycles. The zero-order valence-electron chi connectivity index (χ0n) is 3.06. The largest absolute Gasteiger partial charge is 0.346 e. The van der Waals surface area contributed by atoms with Gasteiger partial charge in [-0.1, -0.05) is 0 Å². The molecule has 0 aliphatic carbocycles. The van der Waals surface area contributed by atoms with Gasteiger partial charge in [0.1, 0.15) is 0 Å². The van der Waals surface area contributed by atoms with Gasteiger partial charge in [-0.05, 0) is 0 Å². The second-order valence-electron chi connectivity index (χ2n) is 0. The second kappa shape index (κ2) is 33.2. The van der Waals surface area contributed by atoms with Crippen LogP contribution in [0.5, 0.6) is 0 Å². The maximum Gasteiger partial charge on any atom is 0 e. The van der Waals surface area contributed by atoms with E-state index in [1.165, 1.54) is 0 Å². The Hall–Kier alpha value is 2.32. The van der Waals surface area contributed by atoms with Crippen LogP contribution in [0.25, 0.3) is 0 Å². The maximum absolute atomic E-state index is 3.25. The van der Waals surface area contributed by atoms with Gasteiger partial charge in [-0.3, -0.25) is 0 Å². The molecule has 0 nitrogen and oxygen atoms in total. The second-order valence-corrected chi connectivity index (χ2v) is 0. The third-order valence-corrected chi connectivity index (χ3v) is 0. The number of hydrogen-bond acceptors (Lipinski definition) is 0. The molecule has 29 valence electrons. The summed E-state index contributed by atoms with van der Waals surface area (Å²) in [7, 11) is 0. The van der Waals surface area contributed by atoms with Crippen LogP contribution in [-0.2, 0) is 39.6 Å². The summed E-state index contributed by atoms with van der Waals surface area (Å²) in [5.41, 5.74) is 0. The van der Waals surface area contributed by atoms with Crippen molar-refractivity contribution in [1.29, 1.82) is 0 Å². The first-order valence-corrected chi connectivity index (χ1v) is 0.707. The topological polar surface area (TPSA) is 0 Å². The van der Waals surface area contributed by atoms with Crippen molar-refractivity contribution in [3.05, 3.63) is 6.92 Å². The third kappa shape index (κ3) is 21.9. The molecule has 0 aliphatic heterocycles. The van der Waals surface area contributed by atoms with Gasteiger partial charge in [0, 0.05) is 70.7 Å². The molecule has 0 aromatic carbocycles. The summed E-state index contributed by atoms with van der Waals surface area (Å²) in [5, 5.41) is 0. The van der Waals surface area contributed by atoms with Crippen LogP contribution in [0.1, 0.15) is 6.92 Å². The average molecular weight is 502 g/mol. The van der Waals surface area contributed by atoms with E-state index in [1.807, 2.05) is 0 Å². The Morgan fingerprint density at radius 2 is 1.20 bits per heavy atom. The van der Waals surface area contributed by atoms with Gasteiger partial charge in [-0.2, -0.15) is 6.92 Å². The van der Waals surface area contributed by atoms with Gasteiger partial charge >= 0.3 is 0 Å². The molecule has 0 rings (SSSR count). The molecule has 0 saturated carbocycles. The predicted molar refractivity (Wildman–Crippen MR) is 11.0 cm³/mol. The van der Waals surface area contributed by atoms with Crippen molar-refractivity contribution in [2.24, 2.45) is 0 Å². The standard InChI is InChI=1S/C2H5.U.V.W/c1-2;;;/h1H2,2H3;;;/q-1;;;. The third-order valence-electron chi connectivity index (χ3n) is 0. The Kier molecular flexibility index (Phi) is 176. The van der Waals surface area contributed by atoms with Gasteiger partial charge in [0.15, 0.2) is 0 Å². The first-order valence-electron chi connectivity index (χ1n) is 0.707. The minimum atomic E-state index is 0. The van der Waals surface area contributed by atoms with Crippen LogP contribution in [0.3, 0.4) is 0 Å². The summed E-state index contributed by atoms with van der Waals surface area (Å²) in [6, 6.07) is 0. The van der Waals surface area contributed by atoms with E-state index in [0.717, 1.165) is 0 Å². The van der Waals surface area contributed by atoms with Gasteiger partial charge in [0.25, 0.3) is 0 Å². The Labute approximate surface area is 83.4 Å². The van der Waals surface area contributed by atoms with Crippen LogP contribution in [0.4, 0.5) is 0 Å². The first-order chi connectivity index (χ1) is 1.00. The molecule has 3 heteroatoms. The molecule has 0 atom stereocenters. The Morgan fingerprint density at radius 1 is 1.20 bits per heavy atom. The Balaban J connectivity index is -0.00000000167. The van der Waals surface area contributed by atoms with Crippen LogP contribution in [-0.4, -0.2) is 0 Å². The quantitative estimate of drug-likeness (QED) is 0.432. The molecule has 5 heavy (non-hydrogen) atoms. The molecule has 0 unspecified atom stereocenters. The predicted octanol–water partition coefficient (Wildman–Crippen LogP) is 0.835. The molecule has 0 fully saturated rings. The summed E-state index contributed by atoms with van der Waals surface area (Å²) in [4.78, 5) is 0. The average Bonchev–Trinajstić information content (AvgIpc) is 1.00. The maximum atomic E-state index is 3.25. The van der Waals surface area contributed by atoms with Crippen LogP contribution in [0, 0.1) is 38.0 Å². The zero-order valence-corrected chi connectivity index (χ0v) is 11.6. The van der Waals surface area contributed by atoms with E-state index < -0.39 is 0 Å². The molecule has 0 bridgehead atoms. The Morgan fingerprint density at radius 3 is 1.20 bits per heavy atom. The van der Waals surface area contributed by atoms with Crippen LogP contribution in [0.15, 0.2) is 0 Å². The van der Waals surface area contributed by atoms with E-state index in [9.17, 15) is 0 Å². The van der Waals surface area contributed by atoms with E-state index in [1.54, 1.807) is 6.92 Å². The number of hydrogen-bond donors (Lipinski definition) is 0. The van der Waals surface area contributed by atoms with E-state index >= 15 is 0 Å². The van der Waals surface area contributed by atoms with Crippen molar-refractivity contribution in [3.63, 3.8) is 0 Å². The van der Waals surface area contributed by atoms with Crippen LogP contribution >= 0.6 is 0 Å². The Bertz CT molecular complexity index is 9.61.